The van der Waals surface area contributed by atoms with Crippen LogP contribution in [0.25, 0.3) is 28.5 Å². The Morgan fingerprint density at radius 2 is 1.54 bits per heavy atom. The molecule has 0 spiro atoms. The minimum absolute atomic E-state index is 0.0744. The second kappa shape index (κ2) is 10.6. The highest BCUT2D eigenvalue weighted by Crippen LogP contribution is 2.32. The highest BCUT2D eigenvalue weighted by atomic mass is 32.2. The molecular weight excluding hydrogens is 482 g/mol. The highest BCUT2D eigenvalue weighted by Gasteiger charge is 2.19. The lowest BCUT2D eigenvalue weighted by molar-refractivity contribution is 0.340. The molecule has 7 nitrogen and oxygen atoms in total. The van der Waals surface area contributed by atoms with E-state index in [9.17, 15) is 0 Å². The SMILES string of the molecule is CCOc1ccc(-n2c(SCc3nnc(-c4ccccc4)o3)nnc2-c2ccc(C(C)(C)C)cc2)cc1. The molecule has 37 heavy (non-hydrogen) atoms. The van der Waals surface area contributed by atoms with Crippen LogP contribution in [-0.4, -0.2) is 31.6 Å². The molecule has 2 heterocycles. The molecule has 0 saturated heterocycles. The van der Waals surface area contributed by atoms with E-state index in [0.717, 1.165) is 33.5 Å². The van der Waals surface area contributed by atoms with Crippen molar-refractivity contribution in [2.75, 3.05) is 6.61 Å². The fourth-order valence-corrected chi connectivity index (χ4v) is 4.68. The van der Waals surface area contributed by atoms with Crippen molar-refractivity contribution in [1.82, 2.24) is 25.0 Å². The number of rotatable bonds is 8. The van der Waals surface area contributed by atoms with E-state index in [0.29, 0.717) is 24.1 Å². The summed E-state index contributed by atoms with van der Waals surface area (Å²) in [6, 6.07) is 26.2. The molecule has 0 aliphatic heterocycles. The lowest BCUT2D eigenvalue weighted by Gasteiger charge is -2.19. The zero-order valence-electron chi connectivity index (χ0n) is 21.4. The Bertz CT molecular complexity index is 1450. The van der Waals surface area contributed by atoms with Crippen LogP contribution >= 0.6 is 11.8 Å². The van der Waals surface area contributed by atoms with Gasteiger partial charge in [0.25, 0.3) is 0 Å². The lowest BCUT2D eigenvalue weighted by Crippen LogP contribution is -2.10. The molecule has 0 fully saturated rings. The van der Waals surface area contributed by atoms with Crippen LogP contribution in [0.5, 0.6) is 5.75 Å². The molecule has 0 N–H and O–H groups in total. The number of thioether (sulfide) groups is 1. The van der Waals surface area contributed by atoms with Crippen LogP contribution in [0.1, 0.15) is 39.1 Å². The Labute approximate surface area is 220 Å². The Morgan fingerprint density at radius 3 is 2.22 bits per heavy atom. The third kappa shape index (κ3) is 5.59. The molecule has 0 aliphatic rings. The van der Waals surface area contributed by atoms with Crippen LogP contribution in [-0.2, 0) is 11.2 Å². The van der Waals surface area contributed by atoms with E-state index < -0.39 is 0 Å². The molecule has 0 bridgehead atoms. The minimum Gasteiger partial charge on any atom is -0.494 e. The van der Waals surface area contributed by atoms with E-state index >= 15 is 0 Å². The number of aromatic nitrogens is 5. The fourth-order valence-electron chi connectivity index (χ4n) is 3.90. The molecule has 3 aromatic carbocycles. The Morgan fingerprint density at radius 1 is 0.811 bits per heavy atom. The zero-order valence-corrected chi connectivity index (χ0v) is 22.2. The summed E-state index contributed by atoms with van der Waals surface area (Å²) in [5, 5.41) is 18.3. The van der Waals surface area contributed by atoms with Gasteiger partial charge < -0.3 is 9.15 Å². The van der Waals surface area contributed by atoms with Gasteiger partial charge in [-0.1, -0.05) is 75.0 Å². The molecule has 2 aromatic heterocycles. The molecule has 5 rings (SSSR count). The fraction of sp³-hybridized carbons (Fsp3) is 0.241. The van der Waals surface area contributed by atoms with Crippen LogP contribution in [0.2, 0.25) is 0 Å². The van der Waals surface area contributed by atoms with E-state index in [1.54, 1.807) is 0 Å². The quantitative estimate of drug-likeness (QED) is 0.208. The van der Waals surface area contributed by atoms with Crippen LogP contribution in [0.4, 0.5) is 0 Å². The maximum absolute atomic E-state index is 5.90. The maximum Gasteiger partial charge on any atom is 0.247 e. The van der Waals surface area contributed by atoms with E-state index in [1.165, 1.54) is 17.3 Å². The summed E-state index contributed by atoms with van der Waals surface area (Å²) < 4.78 is 13.6. The predicted molar refractivity (Wildman–Crippen MR) is 146 cm³/mol. The third-order valence-electron chi connectivity index (χ3n) is 5.86. The Kier molecular flexibility index (Phi) is 7.10. The summed E-state index contributed by atoms with van der Waals surface area (Å²) in [4.78, 5) is 0. The Hall–Kier alpha value is -3.91. The molecule has 8 heteroatoms. The van der Waals surface area contributed by atoms with Gasteiger partial charge in [0.15, 0.2) is 11.0 Å². The zero-order chi connectivity index (χ0) is 25.8. The first-order chi connectivity index (χ1) is 17.9. The van der Waals surface area contributed by atoms with Gasteiger partial charge in [-0.15, -0.1) is 20.4 Å². The summed E-state index contributed by atoms with van der Waals surface area (Å²) in [7, 11) is 0. The molecule has 0 aliphatic carbocycles. The molecule has 0 unspecified atom stereocenters. The molecule has 188 valence electrons. The monoisotopic (exact) mass is 511 g/mol. The summed E-state index contributed by atoms with van der Waals surface area (Å²) in [5.41, 5.74) is 4.17. The molecule has 0 radical (unpaired) electrons. The maximum atomic E-state index is 5.90. The van der Waals surface area contributed by atoms with Crippen molar-refractivity contribution in [2.45, 2.75) is 44.0 Å². The van der Waals surface area contributed by atoms with Gasteiger partial charge in [0.05, 0.1) is 12.4 Å². The van der Waals surface area contributed by atoms with Crippen molar-refractivity contribution in [1.29, 1.82) is 0 Å². The first kappa shape index (κ1) is 24.8. The van der Waals surface area contributed by atoms with Crippen molar-refractivity contribution >= 4 is 11.8 Å². The van der Waals surface area contributed by atoms with Gasteiger partial charge >= 0.3 is 0 Å². The number of hydrogen-bond acceptors (Lipinski definition) is 7. The number of ether oxygens (including phenoxy) is 1. The van der Waals surface area contributed by atoms with E-state index in [-0.39, 0.29) is 5.41 Å². The first-order valence-corrected chi connectivity index (χ1v) is 13.2. The Balaban J connectivity index is 1.46. The minimum atomic E-state index is 0.0744. The summed E-state index contributed by atoms with van der Waals surface area (Å²) in [5.74, 6) is 3.09. The van der Waals surface area contributed by atoms with Gasteiger partial charge in [-0.3, -0.25) is 4.57 Å². The topological polar surface area (TPSA) is 78.9 Å². The number of hydrogen-bond donors (Lipinski definition) is 0. The second-order valence-electron chi connectivity index (χ2n) is 9.55. The van der Waals surface area contributed by atoms with Crippen LogP contribution in [0.15, 0.2) is 88.4 Å². The van der Waals surface area contributed by atoms with Gasteiger partial charge in [-0.2, -0.15) is 0 Å². The van der Waals surface area contributed by atoms with Crippen LogP contribution in [0, 0.1) is 0 Å². The first-order valence-electron chi connectivity index (χ1n) is 12.2. The van der Waals surface area contributed by atoms with Gasteiger partial charge in [0.2, 0.25) is 11.8 Å². The predicted octanol–water partition coefficient (Wildman–Crippen LogP) is 6.97. The van der Waals surface area contributed by atoms with Crippen molar-refractivity contribution in [3.63, 3.8) is 0 Å². The van der Waals surface area contributed by atoms with Gasteiger partial charge in [-0.25, -0.2) is 0 Å². The van der Waals surface area contributed by atoms with Gasteiger partial charge in [0, 0.05) is 16.8 Å². The van der Waals surface area contributed by atoms with Crippen LogP contribution in [0.3, 0.4) is 0 Å². The molecule has 0 saturated carbocycles. The standard InChI is InChI=1S/C29H29N5O2S/c1-5-35-24-17-15-23(16-18-24)34-26(20-11-13-22(14-12-20)29(2,3)4)31-33-28(34)37-19-25-30-32-27(36-25)21-9-7-6-8-10-21/h6-18H,5,19H2,1-4H3. The molecule has 5 aromatic rings. The molecular formula is C29H29N5O2S. The largest absolute Gasteiger partial charge is 0.494 e. The van der Waals surface area contributed by atoms with Crippen molar-refractivity contribution in [2.24, 2.45) is 0 Å². The second-order valence-corrected chi connectivity index (χ2v) is 10.5. The summed E-state index contributed by atoms with van der Waals surface area (Å²) in [6.07, 6.45) is 0. The molecule has 0 atom stereocenters. The lowest BCUT2D eigenvalue weighted by atomic mass is 9.87. The van der Waals surface area contributed by atoms with E-state index in [4.69, 9.17) is 9.15 Å². The highest BCUT2D eigenvalue weighted by molar-refractivity contribution is 7.98. The van der Waals surface area contributed by atoms with Crippen molar-refractivity contribution in [3.8, 4) is 34.3 Å². The average Bonchev–Trinajstić information content (AvgIpc) is 3.56. The number of nitrogens with zero attached hydrogens (tertiary/aromatic N) is 5. The van der Waals surface area contributed by atoms with Gasteiger partial charge in [0.1, 0.15) is 5.75 Å². The smallest absolute Gasteiger partial charge is 0.247 e. The van der Waals surface area contributed by atoms with Crippen molar-refractivity contribution < 1.29 is 9.15 Å². The van der Waals surface area contributed by atoms with Crippen LogP contribution < -0.4 is 4.74 Å². The van der Waals surface area contributed by atoms with Gasteiger partial charge in [-0.05, 0) is 54.3 Å². The summed E-state index contributed by atoms with van der Waals surface area (Å²) in [6.45, 7) is 9.22. The summed E-state index contributed by atoms with van der Waals surface area (Å²) >= 11 is 1.50. The van der Waals surface area contributed by atoms with E-state index in [2.05, 4.69) is 70.0 Å². The third-order valence-corrected chi connectivity index (χ3v) is 6.77. The average molecular weight is 512 g/mol. The van der Waals surface area contributed by atoms with Crippen molar-refractivity contribution in [3.05, 3.63) is 90.3 Å². The van der Waals surface area contributed by atoms with E-state index in [1.807, 2.05) is 61.5 Å². The normalized spacial score (nSPS) is 11.6. The number of benzene rings is 3. The molecule has 0 amide bonds.